The summed E-state index contributed by atoms with van der Waals surface area (Å²) in [7, 11) is 0. The summed E-state index contributed by atoms with van der Waals surface area (Å²) < 4.78 is 0. The van der Waals surface area contributed by atoms with Gasteiger partial charge in [-0.3, -0.25) is 9.59 Å². The van der Waals surface area contributed by atoms with E-state index in [-0.39, 0.29) is 13.0 Å². The fourth-order valence-electron chi connectivity index (χ4n) is 2.28. The minimum Gasteiger partial charge on any atom is -0.508 e. The van der Waals surface area contributed by atoms with E-state index in [9.17, 15) is 34.8 Å². The molecule has 0 heterocycles. The minimum absolute atomic E-state index is 0.0282. The molecule has 24 heavy (non-hydrogen) atoms. The van der Waals surface area contributed by atoms with Crippen LogP contribution in [0.4, 0.5) is 0 Å². The summed E-state index contributed by atoms with van der Waals surface area (Å²) in [5.74, 6) is -4.40. The fraction of sp³-hybridized carbons (Fsp3) is 0.267. The first-order chi connectivity index (χ1) is 11.2. The highest BCUT2D eigenvalue weighted by Gasteiger charge is 2.29. The van der Waals surface area contributed by atoms with Crippen LogP contribution in [0.3, 0.4) is 0 Å². The lowest BCUT2D eigenvalue weighted by Gasteiger charge is -2.22. The molecule has 1 amide bonds. The van der Waals surface area contributed by atoms with Gasteiger partial charge in [0.2, 0.25) is 0 Å². The largest absolute Gasteiger partial charge is 0.508 e. The standard InChI is InChI=1S/C15H15NO8/c17-7-3-8(12(20)9(4-7)15(23)24)14(22)16-5-6-1-10(18)13(21)11(19)2-6/h1,3-4,11,13,17,19-21H,2,5H2,(H,16,22)(H,23,24). The molecule has 1 aliphatic carbocycles. The van der Waals surface area contributed by atoms with E-state index < -0.39 is 52.5 Å². The lowest BCUT2D eigenvalue weighted by Crippen LogP contribution is -2.38. The normalized spacial score (nSPS) is 20.4. The number of aromatic carboxylic acids is 1. The monoisotopic (exact) mass is 337 g/mol. The number of carboxylic acids is 1. The number of carbonyl (C=O) groups excluding carboxylic acids is 2. The zero-order valence-electron chi connectivity index (χ0n) is 12.3. The highest BCUT2D eigenvalue weighted by atomic mass is 16.4. The van der Waals surface area contributed by atoms with Crippen LogP contribution in [0.15, 0.2) is 23.8 Å². The Morgan fingerprint density at radius 1 is 1.17 bits per heavy atom. The van der Waals surface area contributed by atoms with E-state index in [1.165, 1.54) is 0 Å². The molecule has 2 unspecified atom stereocenters. The van der Waals surface area contributed by atoms with Crippen LogP contribution in [0.1, 0.15) is 27.1 Å². The SMILES string of the molecule is O=C(O)c1cc(O)cc(C(=O)NCC2=CC(=O)C(O)C(O)C2)c1O. The van der Waals surface area contributed by atoms with Crippen LogP contribution in [0.2, 0.25) is 0 Å². The third-order valence-electron chi connectivity index (χ3n) is 3.52. The number of aromatic hydroxyl groups is 2. The van der Waals surface area contributed by atoms with Crippen LogP contribution < -0.4 is 5.32 Å². The Bertz CT molecular complexity index is 739. The molecule has 0 aromatic heterocycles. The molecule has 0 saturated carbocycles. The number of hydrogen-bond donors (Lipinski definition) is 6. The molecule has 1 aromatic rings. The van der Waals surface area contributed by atoms with Crippen LogP contribution >= 0.6 is 0 Å². The molecule has 0 spiro atoms. The zero-order valence-corrected chi connectivity index (χ0v) is 12.3. The van der Waals surface area contributed by atoms with Crippen molar-refractivity contribution in [3.8, 4) is 11.5 Å². The van der Waals surface area contributed by atoms with Gasteiger partial charge in [0, 0.05) is 6.54 Å². The lowest BCUT2D eigenvalue weighted by atomic mass is 9.93. The summed E-state index contributed by atoms with van der Waals surface area (Å²) in [6.45, 7) is -0.161. The summed E-state index contributed by atoms with van der Waals surface area (Å²) in [6, 6.07) is 1.70. The summed E-state index contributed by atoms with van der Waals surface area (Å²) >= 11 is 0. The van der Waals surface area contributed by atoms with Crippen LogP contribution in [0.5, 0.6) is 11.5 Å². The van der Waals surface area contributed by atoms with E-state index in [4.69, 9.17) is 5.11 Å². The van der Waals surface area contributed by atoms with Crippen molar-refractivity contribution in [3.05, 3.63) is 34.9 Å². The molecule has 128 valence electrons. The summed E-state index contributed by atoms with van der Waals surface area (Å²) in [4.78, 5) is 34.4. The van der Waals surface area contributed by atoms with E-state index in [1.807, 2.05) is 0 Å². The van der Waals surface area contributed by atoms with Gasteiger partial charge in [-0.05, 0) is 30.2 Å². The Kier molecular flexibility index (Phi) is 4.86. The maximum atomic E-state index is 12.1. The van der Waals surface area contributed by atoms with E-state index in [0.717, 1.165) is 18.2 Å². The first-order valence-electron chi connectivity index (χ1n) is 6.87. The quantitative estimate of drug-likeness (QED) is 0.387. The number of rotatable bonds is 4. The van der Waals surface area contributed by atoms with E-state index in [0.29, 0.717) is 5.57 Å². The molecule has 0 radical (unpaired) electrons. The van der Waals surface area contributed by atoms with Gasteiger partial charge in [-0.2, -0.15) is 0 Å². The predicted octanol–water partition coefficient (Wildman–Crippen LogP) is -0.853. The number of aliphatic hydroxyl groups excluding tert-OH is 2. The Morgan fingerprint density at radius 2 is 1.79 bits per heavy atom. The molecule has 2 rings (SSSR count). The average molecular weight is 337 g/mol. The predicted molar refractivity (Wildman–Crippen MR) is 78.8 cm³/mol. The molecule has 9 heteroatoms. The average Bonchev–Trinajstić information content (AvgIpc) is 2.51. The molecule has 0 aliphatic heterocycles. The van der Waals surface area contributed by atoms with E-state index in [1.54, 1.807) is 0 Å². The second-order valence-corrected chi connectivity index (χ2v) is 5.30. The molecule has 2 atom stereocenters. The van der Waals surface area contributed by atoms with Crippen LogP contribution in [0, 0.1) is 0 Å². The van der Waals surface area contributed by atoms with Gasteiger partial charge in [-0.25, -0.2) is 4.79 Å². The summed E-state index contributed by atoms with van der Waals surface area (Å²) in [5.41, 5.74) is -0.731. The topological polar surface area (TPSA) is 164 Å². The number of amides is 1. The van der Waals surface area contributed by atoms with Crippen molar-refractivity contribution in [1.29, 1.82) is 0 Å². The van der Waals surface area contributed by atoms with Gasteiger partial charge in [-0.15, -0.1) is 0 Å². The number of ketones is 1. The van der Waals surface area contributed by atoms with Crippen molar-refractivity contribution in [2.24, 2.45) is 0 Å². The van der Waals surface area contributed by atoms with Gasteiger partial charge in [0.25, 0.3) is 5.91 Å². The zero-order chi connectivity index (χ0) is 18.0. The third-order valence-corrected chi connectivity index (χ3v) is 3.52. The number of phenols is 2. The maximum Gasteiger partial charge on any atom is 0.339 e. The molecule has 9 nitrogen and oxygen atoms in total. The van der Waals surface area contributed by atoms with Crippen molar-refractivity contribution < 1.29 is 39.9 Å². The summed E-state index contributed by atoms with van der Waals surface area (Å²) in [5, 5.41) is 49.4. The molecule has 0 saturated heterocycles. The maximum absolute atomic E-state index is 12.1. The fourth-order valence-corrected chi connectivity index (χ4v) is 2.28. The molecule has 0 fully saturated rings. The van der Waals surface area contributed by atoms with Gasteiger partial charge in [-0.1, -0.05) is 0 Å². The summed E-state index contributed by atoms with van der Waals surface area (Å²) in [6.07, 6.45) is -1.71. The van der Waals surface area contributed by atoms with Crippen molar-refractivity contribution in [1.82, 2.24) is 5.32 Å². The molecule has 0 bridgehead atoms. The number of hydrogen-bond acceptors (Lipinski definition) is 7. The van der Waals surface area contributed by atoms with Gasteiger partial charge < -0.3 is 30.8 Å². The Morgan fingerprint density at radius 3 is 2.38 bits per heavy atom. The number of aliphatic hydroxyl groups is 2. The first kappa shape index (κ1) is 17.4. The first-order valence-corrected chi connectivity index (χ1v) is 6.87. The Hall–Kier alpha value is -2.91. The van der Waals surface area contributed by atoms with Gasteiger partial charge in [0.05, 0.1) is 11.7 Å². The highest BCUT2D eigenvalue weighted by Crippen LogP contribution is 2.28. The molecular weight excluding hydrogens is 322 g/mol. The van der Waals surface area contributed by atoms with Crippen LogP contribution in [-0.2, 0) is 4.79 Å². The second-order valence-electron chi connectivity index (χ2n) is 5.30. The highest BCUT2D eigenvalue weighted by molar-refractivity contribution is 6.02. The van der Waals surface area contributed by atoms with E-state index >= 15 is 0 Å². The lowest BCUT2D eigenvalue weighted by molar-refractivity contribution is -0.128. The van der Waals surface area contributed by atoms with Gasteiger partial charge in [0.15, 0.2) is 5.78 Å². The minimum atomic E-state index is -1.52. The van der Waals surface area contributed by atoms with Gasteiger partial charge >= 0.3 is 5.97 Å². The van der Waals surface area contributed by atoms with Crippen molar-refractivity contribution in [3.63, 3.8) is 0 Å². The number of carboxylic acid groups (broad SMARTS) is 1. The number of benzene rings is 1. The molecule has 1 aromatic carbocycles. The Labute approximate surface area is 135 Å². The van der Waals surface area contributed by atoms with Gasteiger partial charge in [0.1, 0.15) is 23.2 Å². The molecular formula is C15H15NO8. The smallest absolute Gasteiger partial charge is 0.339 e. The van der Waals surface area contributed by atoms with Crippen LogP contribution in [-0.4, -0.2) is 61.9 Å². The number of nitrogens with one attached hydrogen (secondary N) is 1. The number of carbonyl (C=O) groups is 3. The van der Waals surface area contributed by atoms with Crippen molar-refractivity contribution in [2.45, 2.75) is 18.6 Å². The number of phenolic OH excluding ortho intramolecular Hbond substituents is 1. The molecule has 1 aliphatic rings. The third kappa shape index (κ3) is 3.53. The Balaban J connectivity index is 2.15. The molecule has 6 N–H and O–H groups in total. The van der Waals surface area contributed by atoms with Crippen molar-refractivity contribution >= 4 is 17.7 Å². The second kappa shape index (κ2) is 6.69. The van der Waals surface area contributed by atoms with E-state index in [2.05, 4.69) is 5.32 Å². The van der Waals surface area contributed by atoms with Crippen molar-refractivity contribution in [2.75, 3.05) is 6.54 Å². The van der Waals surface area contributed by atoms with Crippen LogP contribution in [0.25, 0.3) is 0 Å².